The number of nitrogens with one attached hydrogen (secondary N) is 2. The Bertz CT molecular complexity index is 1100. The minimum Gasteiger partial charge on any atom is -0.349 e. The third-order valence-corrected chi connectivity index (χ3v) is 4.98. The van der Waals surface area contributed by atoms with Crippen molar-refractivity contribution in [3.05, 3.63) is 76.4 Å². The van der Waals surface area contributed by atoms with Gasteiger partial charge in [-0.2, -0.15) is 5.10 Å². The van der Waals surface area contributed by atoms with Crippen molar-refractivity contribution in [1.29, 1.82) is 0 Å². The Morgan fingerprint density at radius 3 is 2.67 bits per heavy atom. The molecule has 6 nitrogen and oxygen atoms in total. The molecule has 1 unspecified atom stereocenters. The lowest BCUT2D eigenvalue weighted by molar-refractivity contribution is 0.0936. The number of carbonyl (C=O) groups is 1. The largest absolute Gasteiger partial charge is 0.349 e. The van der Waals surface area contributed by atoms with Crippen molar-refractivity contribution >= 4 is 40.0 Å². The first-order valence-corrected chi connectivity index (χ1v) is 9.01. The first kappa shape index (κ1) is 17.6. The van der Waals surface area contributed by atoms with Crippen LogP contribution in [0.15, 0.2) is 55.1 Å². The van der Waals surface area contributed by atoms with Gasteiger partial charge in [0.25, 0.3) is 5.91 Å². The van der Waals surface area contributed by atoms with Gasteiger partial charge in [0.1, 0.15) is 18.3 Å². The number of hydrogen-bond acceptors (Lipinski definition) is 3. The molecule has 0 fully saturated rings. The van der Waals surface area contributed by atoms with Gasteiger partial charge in [-0.15, -0.1) is 0 Å². The van der Waals surface area contributed by atoms with Crippen molar-refractivity contribution < 1.29 is 4.79 Å². The monoisotopic (exact) mass is 399 g/mol. The van der Waals surface area contributed by atoms with E-state index in [1.54, 1.807) is 29.2 Å². The highest BCUT2D eigenvalue weighted by Gasteiger charge is 2.19. The number of H-pyrrole nitrogens is 1. The summed E-state index contributed by atoms with van der Waals surface area (Å²) in [6.45, 7) is 1.91. The van der Waals surface area contributed by atoms with Crippen LogP contribution in [0.3, 0.4) is 0 Å². The van der Waals surface area contributed by atoms with Gasteiger partial charge in [-0.25, -0.2) is 9.67 Å². The Hall–Kier alpha value is -2.83. The lowest BCUT2D eigenvalue weighted by atomic mass is 10.1. The van der Waals surface area contributed by atoms with E-state index in [2.05, 4.69) is 20.4 Å². The SMILES string of the molecule is CC(NC(=O)c1[nH]c2ccc(Cl)cc2c1Cl)c1ccc(-n2cncn2)cc1. The zero-order valence-corrected chi connectivity index (χ0v) is 15.8. The van der Waals surface area contributed by atoms with E-state index in [4.69, 9.17) is 23.2 Å². The normalized spacial score (nSPS) is 12.3. The predicted molar refractivity (Wildman–Crippen MR) is 106 cm³/mol. The van der Waals surface area contributed by atoms with Crippen LogP contribution < -0.4 is 5.32 Å². The van der Waals surface area contributed by atoms with E-state index in [1.807, 2.05) is 31.2 Å². The minimum atomic E-state index is -0.278. The Labute approximate surface area is 165 Å². The van der Waals surface area contributed by atoms with Crippen LogP contribution in [0.25, 0.3) is 16.6 Å². The molecule has 1 atom stereocenters. The third kappa shape index (κ3) is 3.41. The summed E-state index contributed by atoms with van der Waals surface area (Å²) in [5.41, 5.74) is 2.94. The molecule has 0 aliphatic carbocycles. The minimum absolute atomic E-state index is 0.201. The molecular formula is C19H15Cl2N5O. The number of amides is 1. The number of aromatic nitrogens is 4. The van der Waals surface area contributed by atoms with E-state index in [9.17, 15) is 4.79 Å². The molecule has 4 aromatic rings. The topological polar surface area (TPSA) is 75.6 Å². The molecule has 0 radical (unpaired) electrons. The van der Waals surface area contributed by atoms with E-state index in [-0.39, 0.29) is 11.9 Å². The van der Waals surface area contributed by atoms with Crippen LogP contribution in [0, 0.1) is 0 Å². The molecule has 0 spiro atoms. The maximum atomic E-state index is 12.7. The van der Waals surface area contributed by atoms with E-state index in [1.165, 1.54) is 6.33 Å². The highest BCUT2D eigenvalue weighted by molar-refractivity contribution is 6.39. The number of halogens is 2. The number of nitrogens with zero attached hydrogens (tertiary/aromatic N) is 3. The van der Waals surface area contributed by atoms with Crippen molar-refractivity contribution in [2.75, 3.05) is 0 Å². The molecular weight excluding hydrogens is 385 g/mol. The maximum absolute atomic E-state index is 12.7. The Kier molecular flexibility index (Phi) is 4.59. The van der Waals surface area contributed by atoms with Crippen LogP contribution >= 0.6 is 23.2 Å². The second kappa shape index (κ2) is 7.06. The van der Waals surface area contributed by atoms with Gasteiger partial charge in [0, 0.05) is 15.9 Å². The standard InChI is InChI=1S/C19H15Cl2N5O/c1-11(12-2-5-14(6-3-12)26-10-22-9-23-26)24-19(27)18-17(21)15-8-13(20)4-7-16(15)25-18/h2-11,25H,1H3,(H,24,27). The molecule has 4 rings (SSSR count). The van der Waals surface area contributed by atoms with Gasteiger partial charge < -0.3 is 10.3 Å². The number of rotatable bonds is 4. The van der Waals surface area contributed by atoms with Crippen molar-refractivity contribution in [2.24, 2.45) is 0 Å². The van der Waals surface area contributed by atoms with Gasteiger partial charge in [0.05, 0.1) is 16.8 Å². The molecule has 0 saturated heterocycles. The molecule has 136 valence electrons. The number of carbonyl (C=O) groups excluding carboxylic acids is 1. The van der Waals surface area contributed by atoms with Crippen molar-refractivity contribution in [1.82, 2.24) is 25.1 Å². The molecule has 0 aliphatic heterocycles. The summed E-state index contributed by atoms with van der Waals surface area (Å²) < 4.78 is 1.67. The van der Waals surface area contributed by atoms with E-state index < -0.39 is 0 Å². The van der Waals surface area contributed by atoms with Gasteiger partial charge in [0.2, 0.25) is 0 Å². The molecule has 2 aromatic heterocycles. The predicted octanol–water partition coefficient (Wildman–Crippen LogP) is 4.55. The van der Waals surface area contributed by atoms with Crippen molar-refractivity contribution in [3.63, 3.8) is 0 Å². The number of hydrogen-bond donors (Lipinski definition) is 2. The van der Waals surface area contributed by atoms with Gasteiger partial charge in [-0.1, -0.05) is 35.3 Å². The quantitative estimate of drug-likeness (QED) is 0.528. The third-order valence-electron chi connectivity index (χ3n) is 4.35. The highest BCUT2D eigenvalue weighted by atomic mass is 35.5. The molecule has 1 amide bonds. The molecule has 2 N–H and O–H groups in total. The lowest BCUT2D eigenvalue weighted by Crippen LogP contribution is -2.27. The summed E-state index contributed by atoms with van der Waals surface area (Å²) in [6, 6.07) is 12.8. The van der Waals surface area contributed by atoms with Crippen LogP contribution in [-0.4, -0.2) is 25.7 Å². The van der Waals surface area contributed by atoms with Crippen molar-refractivity contribution in [3.8, 4) is 5.69 Å². The van der Waals surface area contributed by atoms with E-state index in [0.29, 0.717) is 15.7 Å². The van der Waals surface area contributed by atoms with Gasteiger partial charge in [0.15, 0.2) is 0 Å². The number of benzene rings is 2. The molecule has 27 heavy (non-hydrogen) atoms. The fourth-order valence-electron chi connectivity index (χ4n) is 2.90. The fraction of sp³-hybridized carbons (Fsp3) is 0.105. The summed E-state index contributed by atoms with van der Waals surface area (Å²) in [5.74, 6) is -0.278. The summed E-state index contributed by atoms with van der Waals surface area (Å²) >= 11 is 12.4. The van der Waals surface area contributed by atoms with E-state index in [0.717, 1.165) is 22.2 Å². The summed E-state index contributed by atoms with van der Waals surface area (Å²) in [6.07, 6.45) is 3.11. The Morgan fingerprint density at radius 1 is 1.19 bits per heavy atom. The first-order chi connectivity index (χ1) is 13.0. The van der Waals surface area contributed by atoms with Gasteiger partial charge in [-0.05, 0) is 42.8 Å². The van der Waals surface area contributed by atoms with Crippen LogP contribution in [0.5, 0.6) is 0 Å². The zero-order chi connectivity index (χ0) is 19.0. The summed E-state index contributed by atoms with van der Waals surface area (Å²) in [5, 5.41) is 8.70. The molecule has 2 aromatic carbocycles. The summed E-state index contributed by atoms with van der Waals surface area (Å²) in [4.78, 5) is 19.7. The van der Waals surface area contributed by atoms with Gasteiger partial charge >= 0.3 is 0 Å². The average molecular weight is 400 g/mol. The second-order valence-electron chi connectivity index (χ2n) is 6.13. The molecule has 2 heterocycles. The van der Waals surface area contributed by atoms with Crippen LogP contribution in [0.1, 0.15) is 29.0 Å². The van der Waals surface area contributed by atoms with Gasteiger partial charge in [-0.3, -0.25) is 4.79 Å². The Balaban J connectivity index is 1.53. The molecule has 0 bridgehead atoms. The lowest BCUT2D eigenvalue weighted by Gasteiger charge is -2.14. The highest BCUT2D eigenvalue weighted by Crippen LogP contribution is 2.30. The zero-order valence-electron chi connectivity index (χ0n) is 14.3. The number of aromatic amines is 1. The number of fused-ring (bicyclic) bond motifs is 1. The Morgan fingerprint density at radius 2 is 1.96 bits per heavy atom. The fourth-order valence-corrected chi connectivity index (χ4v) is 3.36. The second-order valence-corrected chi connectivity index (χ2v) is 6.95. The van der Waals surface area contributed by atoms with E-state index >= 15 is 0 Å². The van der Waals surface area contributed by atoms with Crippen LogP contribution in [0.2, 0.25) is 10.0 Å². The smallest absolute Gasteiger partial charge is 0.269 e. The van der Waals surface area contributed by atoms with Crippen molar-refractivity contribution in [2.45, 2.75) is 13.0 Å². The maximum Gasteiger partial charge on any atom is 0.269 e. The molecule has 8 heteroatoms. The summed E-state index contributed by atoms with van der Waals surface area (Å²) in [7, 11) is 0. The average Bonchev–Trinajstić information content (AvgIpc) is 3.31. The van der Waals surface area contributed by atoms with Crippen LogP contribution in [0.4, 0.5) is 0 Å². The molecule has 0 aliphatic rings. The first-order valence-electron chi connectivity index (χ1n) is 8.25. The van der Waals surface area contributed by atoms with Crippen LogP contribution in [-0.2, 0) is 0 Å². The molecule has 0 saturated carbocycles.